The van der Waals surface area contributed by atoms with Crippen LogP contribution in [0.1, 0.15) is 36.5 Å². The van der Waals surface area contributed by atoms with Crippen molar-refractivity contribution < 1.29 is 14.5 Å². The third-order valence-electron chi connectivity index (χ3n) is 4.71. The molecule has 1 aliphatic heterocycles. The number of nitro benzene ring substituents is 1. The van der Waals surface area contributed by atoms with Crippen molar-refractivity contribution in [2.24, 2.45) is 5.92 Å². The van der Waals surface area contributed by atoms with Gasteiger partial charge < -0.3 is 20.3 Å². The number of carbonyl (C=O) groups is 1. The molecule has 1 atom stereocenters. The summed E-state index contributed by atoms with van der Waals surface area (Å²) in [4.78, 5) is 25.7. The highest BCUT2D eigenvalue weighted by Crippen LogP contribution is 2.25. The van der Waals surface area contributed by atoms with E-state index in [0.29, 0.717) is 36.9 Å². The number of amides is 1. The maximum Gasteiger partial charge on any atom is 0.293 e. The smallest absolute Gasteiger partial charge is 0.293 e. The number of hydrogen-bond donors (Lipinski definition) is 2. The summed E-state index contributed by atoms with van der Waals surface area (Å²) in [7, 11) is 1.57. The number of likely N-dealkylation sites (tertiary alicyclic amines) is 1. The van der Waals surface area contributed by atoms with Gasteiger partial charge in [-0.2, -0.15) is 0 Å². The van der Waals surface area contributed by atoms with Crippen molar-refractivity contribution in [1.82, 2.24) is 10.2 Å². The Hall–Kier alpha value is -2.19. The summed E-state index contributed by atoms with van der Waals surface area (Å²) in [6.45, 7) is 6.77. The molecule has 0 aliphatic carbocycles. The highest BCUT2D eigenvalue weighted by Gasteiger charge is 2.18. The van der Waals surface area contributed by atoms with Crippen LogP contribution in [0.3, 0.4) is 0 Å². The van der Waals surface area contributed by atoms with Crippen molar-refractivity contribution in [2.45, 2.75) is 26.2 Å². The van der Waals surface area contributed by atoms with Gasteiger partial charge in [0.1, 0.15) is 5.69 Å². The van der Waals surface area contributed by atoms with Gasteiger partial charge in [-0.1, -0.05) is 13.3 Å². The Balaban J connectivity index is 1.90. The summed E-state index contributed by atoms with van der Waals surface area (Å²) in [5, 5.41) is 17.2. The topological polar surface area (TPSA) is 96.7 Å². The number of benzene rings is 1. The molecular weight excluding hydrogens is 348 g/mol. The van der Waals surface area contributed by atoms with Gasteiger partial charge in [0, 0.05) is 38.4 Å². The summed E-state index contributed by atoms with van der Waals surface area (Å²) < 4.78 is 4.93. The Kier molecular flexibility index (Phi) is 8.47. The fraction of sp³-hybridized carbons (Fsp3) is 0.632. The lowest BCUT2D eigenvalue weighted by Crippen LogP contribution is -2.38. The third kappa shape index (κ3) is 6.80. The van der Waals surface area contributed by atoms with E-state index >= 15 is 0 Å². The van der Waals surface area contributed by atoms with Gasteiger partial charge in [0.25, 0.3) is 11.6 Å². The molecule has 150 valence electrons. The third-order valence-corrected chi connectivity index (χ3v) is 4.71. The van der Waals surface area contributed by atoms with Crippen LogP contribution in [0.5, 0.6) is 0 Å². The lowest BCUT2D eigenvalue weighted by molar-refractivity contribution is -0.384. The van der Waals surface area contributed by atoms with Crippen molar-refractivity contribution in [2.75, 3.05) is 51.8 Å². The monoisotopic (exact) mass is 378 g/mol. The average Bonchev–Trinajstić information content (AvgIpc) is 2.67. The first-order chi connectivity index (χ1) is 13.0. The Morgan fingerprint density at radius 3 is 2.74 bits per heavy atom. The number of nitrogens with zero attached hydrogens (tertiary/aromatic N) is 2. The maximum atomic E-state index is 12.4. The summed E-state index contributed by atoms with van der Waals surface area (Å²) in [5.74, 6) is 0.0454. The summed E-state index contributed by atoms with van der Waals surface area (Å²) in [5.41, 5.74) is 0.566. The highest BCUT2D eigenvalue weighted by molar-refractivity contribution is 5.95. The molecule has 0 radical (unpaired) electrons. The van der Waals surface area contributed by atoms with Crippen molar-refractivity contribution in [3.8, 4) is 0 Å². The van der Waals surface area contributed by atoms with Crippen LogP contribution in [-0.2, 0) is 4.74 Å². The fourth-order valence-electron chi connectivity index (χ4n) is 3.28. The predicted molar refractivity (Wildman–Crippen MR) is 105 cm³/mol. The van der Waals surface area contributed by atoms with Gasteiger partial charge in [0.15, 0.2) is 0 Å². The van der Waals surface area contributed by atoms with Crippen molar-refractivity contribution in [3.05, 3.63) is 33.9 Å². The first-order valence-corrected chi connectivity index (χ1v) is 9.53. The highest BCUT2D eigenvalue weighted by atomic mass is 16.6. The molecule has 2 rings (SSSR count). The van der Waals surface area contributed by atoms with Crippen molar-refractivity contribution >= 4 is 17.3 Å². The van der Waals surface area contributed by atoms with Crippen LogP contribution in [0.25, 0.3) is 0 Å². The lowest BCUT2D eigenvalue weighted by Gasteiger charge is -2.29. The first kappa shape index (κ1) is 21.1. The Labute approximate surface area is 160 Å². The second-order valence-corrected chi connectivity index (χ2v) is 7.09. The van der Waals surface area contributed by atoms with Gasteiger partial charge in [-0.3, -0.25) is 14.9 Å². The number of anilines is 1. The number of piperidine rings is 1. The van der Waals surface area contributed by atoms with E-state index in [-0.39, 0.29) is 11.6 Å². The van der Waals surface area contributed by atoms with Gasteiger partial charge in [0.2, 0.25) is 0 Å². The molecule has 1 unspecified atom stereocenters. The van der Waals surface area contributed by atoms with E-state index in [1.54, 1.807) is 19.2 Å². The van der Waals surface area contributed by atoms with Crippen LogP contribution in [0, 0.1) is 16.0 Å². The Bertz CT molecular complexity index is 632. The van der Waals surface area contributed by atoms with Gasteiger partial charge in [-0.15, -0.1) is 0 Å². The molecular formula is C19H30N4O4. The number of methoxy groups -OCH3 is 1. The number of nitro groups is 1. The van der Waals surface area contributed by atoms with Gasteiger partial charge >= 0.3 is 0 Å². The van der Waals surface area contributed by atoms with E-state index in [0.717, 1.165) is 19.6 Å². The molecule has 0 saturated carbocycles. The molecule has 1 amide bonds. The van der Waals surface area contributed by atoms with Crippen molar-refractivity contribution in [3.63, 3.8) is 0 Å². The normalized spacial score (nSPS) is 15.9. The predicted octanol–water partition coefficient (Wildman–Crippen LogP) is 2.50. The summed E-state index contributed by atoms with van der Waals surface area (Å²) in [6.07, 6.45) is 3.79. The summed E-state index contributed by atoms with van der Waals surface area (Å²) >= 11 is 0. The van der Waals surface area contributed by atoms with E-state index in [2.05, 4.69) is 22.5 Å². The summed E-state index contributed by atoms with van der Waals surface area (Å²) in [6, 6.07) is 4.49. The number of hydrogen-bond acceptors (Lipinski definition) is 6. The molecule has 8 nitrogen and oxygen atoms in total. The number of carbonyl (C=O) groups excluding carboxylic acids is 1. The van der Waals surface area contributed by atoms with Gasteiger partial charge in [0.05, 0.1) is 11.5 Å². The second kappa shape index (κ2) is 10.8. The molecule has 8 heteroatoms. The molecule has 1 aromatic carbocycles. The molecule has 27 heavy (non-hydrogen) atoms. The first-order valence-electron chi connectivity index (χ1n) is 9.53. The molecule has 1 heterocycles. The molecule has 1 saturated heterocycles. The van der Waals surface area contributed by atoms with E-state index in [1.807, 2.05) is 0 Å². The van der Waals surface area contributed by atoms with E-state index in [4.69, 9.17) is 4.74 Å². The number of ether oxygens (including phenoxy) is 1. The molecule has 0 spiro atoms. The van der Waals surface area contributed by atoms with Crippen LogP contribution in [0.2, 0.25) is 0 Å². The number of rotatable bonds is 10. The zero-order valence-corrected chi connectivity index (χ0v) is 16.2. The quantitative estimate of drug-likeness (QED) is 0.369. The van der Waals surface area contributed by atoms with E-state index in [9.17, 15) is 14.9 Å². The zero-order valence-electron chi connectivity index (χ0n) is 16.2. The zero-order chi connectivity index (χ0) is 19.6. The minimum Gasteiger partial charge on any atom is -0.383 e. The maximum absolute atomic E-state index is 12.4. The minimum absolute atomic E-state index is 0.111. The van der Waals surface area contributed by atoms with Gasteiger partial charge in [-0.05, 0) is 44.0 Å². The van der Waals surface area contributed by atoms with Crippen LogP contribution in [-0.4, -0.2) is 62.2 Å². The molecule has 0 aromatic heterocycles. The lowest BCUT2D eigenvalue weighted by atomic mass is 10.1. The molecule has 0 bridgehead atoms. The average molecular weight is 378 g/mol. The van der Waals surface area contributed by atoms with Crippen LogP contribution in [0.15, 0.2) is 18.2 Å². The molecule has 2 N–H and O–H groups in total. The standard InChI is InChI=1S/C19H30N4O4/c1-15(14-22-9-4-3-5-10-22)13-21-19(24)16-6-7-17(20-8-11-27-2)18(12-16)23(25)26/h6-7,12,15,20H,3-5,8-11,13-14H2,1-2H3,(H,21,24). The van der Waals surface area contributed by atoms with Crippen molar-refractivity contribution in [1.29, 1.82) is 0 Å². The largest absolute Gasteiger partial charge is 0.383 e. The molecule has 1 fully saturated rings. The second-order valence-electron chi connectivity index (χ2n) is 7.09. The van der Waals surface area contributed by atoms with Crippen LogP contribution < -0.4 is 10.6 Å². The molecule has 1 aliphatic rings. The van der Waals surface area contributed by atoms with Crippen LogP contribution >= 0.6 is 0 Å². The Morgan fingerprint density at radius 1 is 1.33 bits per heavy atom. The van der Waals surface area contributed by atoms with E-state index < -0.39 is 4.92 Å². The van der Waals surface area contributed by atoms with Gasteiger partial charge in [-0.25, -0.2) is 0 Å². The molecule has 1 aromatic rings. The minimum atomic E-state index is -0.481. The van der Waals surface area contributed by atoms with E-state index in [1.165, 1.54) is 25.3 Å². The Morgan fingerprint density at radius 2 is 2.07 bits per heavy atom. The van der Waals surface area contributed by atoms with Crippen LogP contribution in [0.4, 0.5) is 11.4 Å². The fourth-order valence-corrected chi connectivity index (χ4v) is 3.28. The number of nitrogens with one attached hydrogen (secondary N) is 2. The SMILES string of the molecule is COCCNc1ccc(C(=O)NCC(C)CN2CCCCC2)cc1[N+](=O)[O-].